The fourth-order valence-electron chi connectivity index (χ4n) is 3.32. The molecule has 0 amide bonds. The van der Waals surface area contributed by atoms with Gasteiger partial charge in [-0.05, 0) is 23.3 Å². The zero-order valence-corrected chi connectivity index (χ0v) is 15.5. The van der Waals surface area contributed by atoms with Crippen LogP contribution in [0.1, 0.15) is 12.0 Å². The van der Waals surface area contributed by atoms with Crippen LogP contribution < -0.4 is 5.32 Å². The summed E-state index contributed by atoms with van der Waals surface area (Å²) in [6, 6.07) is 6.59. The lowest BCUT2D eigenvalue weighted by Gasteiger charge is -2.41. The average Bonchev–Trinajstić information content (AvgIpc) is 2.62. The molecule has 1 aromatic rings. The standard InChI is InChI=1S/C17H25FN4O2S/c1-20(2)25(23,24)22-11-9-21(10-12-22)17-13-15(7-8-19-17)14-3-5-16(18)6-4-14/h3-7,17,19H,8-13H2,1-2H3. The third-order valence-corrected chi connectivity index (χ3v) is 6.77. The van der Waals surface area contributed by atoms with E-state index >= 15 is 0 Å². The Labute approximate surface area is 149 Å². The van der Waals surface area contributed by atoms with Gasteiger partial charge < -0.3 is 0 Å². The molecule has 1 saturated heterocycles. The van der Waals surface area contributed by atoms with Gasteiger partial charge in [-0.15, -0.1) is 0 Å². The van der Waals surface area contributed by atoms with Crippen molar-refractivity contribution in [3.05, 3.63) is 41.7 Å². The van der Waals surface area contributed by atoms with E-state index < -0.39 is 10.2 Å². The Balaban J connectivity index is 1.61. The Morgan fingerprint density at radius 3 is 2.36 bits per heavy atom. The van der Waals surface area contributed by atoms with E-state index in [1.807, 2.05) is 12.1 Å². The van der Waals surface area contributed by atoms with Crippen molar-refractivity contribution < 1.29 is 12.8 Å². The van der Waals surface area contributed by atoms with Crippen LogP contribution in [0.5, 0.6) is 0 Å². The largest absolute Gasteiger partial charge is 0.298 e. The molecule has 0 aromatic heterocycles. The molecule has 2 aliphatic rings. The molecule has 25 heavy (non-hydrogen) atoms. The Kier molecular flexibility index (Phi) is 5.55. The van der Waals surface area contributed by atoms with Gasteiger partial charge in [0.1, 0.15) is 5.82 Å². The molecule has 0 spiro atoms. The minimum atomic E-state index is -3.34. The summed E-state index contributed by atoms with van der Waals surface area (Å²) < 4.78 is 40.3. The molecule has 0 aliphatic carbocycles. The first kappa shape index (κ1) is 18.5. The molecule has 8 heteroatoms. The summed E-state index contributed by atoms with van der Waals surface area (Å²) in [7, 11) is -0.220. The highest BCUT2D eigenvalue weighted by Gasteiger charge is 2.31. The number of halogens is 1. The Hall–Kier alpha value is -1.32. The second-order valence-electron chi connectivity index (χ2n) is 6.59. The molecule has 6 nitrogen and oxygen atoms in total. The molecular weight excluding hydrogens is 343 g/mol. The van der Waals surface area contributed by atoms with Crippen LogP contribution in [-0.4, -0.2) is 74.9 Å². The van der Waals surface area contributed by atoms with Crippen molar-refractivity contribution in [1.82, 2.24) is 18.8 Å². The quantitative estimate of drug-likeness (QED) is 0.860. The van der Waals surface area contributed by atoms with Crippen molar-refractivity contribution in [3.63, 3.8) is 0 Å². The number of rotatable bonds is 4. The zero-order chi connectivity index (χ0) is 18.0. The van der Waals surface area contributed by atoms with Crippen molar-refractivity contribution in [1.29, 1.82) is 0 Å². The molecule has 0 bridgehead atoms. The van der Waals surface area contributed by atoms with E-state index in [9.17, 15) is 12.8 Å². The summed E-state index contributed by atoms with van der Waals surface area (Å²) in [6.07, 6.45) is 3.14. The monoisotopic (exact) mass is 368 g/mol. The Morgan fingerprint density at radius 2 is 1.76 bits per heavy atom. The van der Waals surface area contributed by atoms with Crippen LogP contribution in [-0.2, 0) is 10.2 Å². The molecule has 1 N–H and O–H groups in total. The van der Waals surface area contributed by atoms with Gasteiger partial charge in [0, 0.05) is 53.2 Å². The van der Waals surface area contributed by atoms with Crippen molar-refractivity contribution in [2.75, 3.05) is 46.8 Å². The highest BCUT2D eigenvalue weighted by molar-refractivity contribution is 7.86. The number of piperazine rings is 1. The number of nitrogens with zero attached hydrogens (tertiary/aromatic N) is 3. The first-order valence-corrected chi connectivity index (χ1v) is 9.87. The second-order valence-corrected chi connectivity index (χ2v) is 8.73. The molecule has 1 aromatic carbocycles. The maximum atomic E-state index is 13.1. The highest BCUT2D eigenvalue weighted by atomic mass is 32.2. The minimum Gasteiger partial charge on any atom is -0.298 e. The molecule has 2 aliphatic heterocycles. The van der Waals surface area contributed by atoms with E-state index in [-0.39, 0.29) is 12.0 Å². The second kappa shape index (κ2) is 7.51. The maximum absolute atomic E-state index is 13.1. The van der Waals surface area contributed by atoms with Gasteiger partial charge in [-0.3, -0.25) is 10.2 Å². The predicted octanol–water partition coefficient (Wildman–Crippen LogP) is 0.952. The molecule has 1 atom stereocenters. The molecule has 1 fully saturated rings. The lowest BCUT2D eigenvalue weighted by atomic mass is 9.97. The number of hydrogen-bond donors (Lipinski definition) is 1. The normalized spacial score (nSPS) is 23.7. The average molecular weight is 368 g/mol. The van der Waals surface area contributed by atoms with Gasteiger partial charge in [-0.2, -0.15) is 17.0 Å². The Morgan fingerprint density at radius 1 is 1.12 bits per heavy atom. The number of nitrogens with one attached hydrogen (secondary N) is 1. The van der Waals surface area contributed by atoms with Crippen LogP contribution in [0.25, 0.3) is 5.57 Å². The third kappa shape index (κ3) is 4.09. The molecular formula is C17H25FN4O2S. The van der Waals surface area contributed by atoms with Gasteiger partial charge in [-0.1, -0.05) is 18.2 Å². The maximum Gasteiger partial charge on any atom is 0.281 e. The van der Waals surface area contributed by atoms with Gasteiger partial charge >= 0.3 is 0 Å². The van der Waals surface area contributed by atoms with Gasteiger partial charge in [0.25, 0.3) is 10.2 Å². The molecule has 138 valence electrons. The van der Waals surface area contributed by atoms with Crippen LogP contribution >= 0.6 is 0 Å². The molecule has 0 saturated carbocycles. The van der Waals surface area contributed by atoms with E-state index in [0.29, 0.717) is 26.2 Å². The first-order chi connectivity index (χ1) is 11.9. The van der Waals surface area contributed by atoms with E-state index in [2.05, 4.69) is 16.3 Å². The topological polar surface area (TPSA) is 55.9 Å². The Bertz CT molecular complexity index is 726. The summed E-state index contributed by atoms with van der Waals surface area (Å²) in [5.41, 5.74) is 2.24. The minimum absolute atomic E-state index is 0.175. The third-order valence-electron chi connectivity index (χ3n) is 4.83. The summed E-state index contributed by atoms with van der Waals surface area (Å²) in [5, 5.41) is 3.47. The highest BCUT2D eigenvalue weighted by Crippen LogP contribution is 2.25. The van der Waals surface area contributed by atoms with Crippen molar-refractivity contribution >= 4 is 15.8 Å². The zero-order valence-electron chi connectivity index (χ0n) is 14.7. The molecule has 3 rings (SSSR count). The molecule has 0 radical (unpaired) electrons. The SMILES string of the molecule is CN(C)S(=O)(=O)N1CCN(C2CC(c3ccc(F)cc3)=CCN2)CC1. The smallest absolute Gasteiger partial charge is 0.281 e. The fourth-order valence-corrected chi connectivity index (χ4v) is 4.40. The van der Waals surface area contributed by atoms with Crippen LogP contribution in [0.3, 0.4) is 0 Å². The summed E-state index contributed by atoms with van der Waals surface area (Å²) >= 11 is 0. The number of benzene rings is 1. The van der Waals surface area contributed by atoms with Crippen molar-refractivity contribution in [3.8, 4) is 0 Å². The lowest BCUT2D eigenvalue weighted by Crippen LogP contribution is -2.57. The van der Waals surface area contributed by atoms with Crippen LogP contribution in [0, 0.1) is 5.82 Å². The first-order valence-electron chi connectivity index (χ1n) is 8.48. The van der Waals surface area contributed by atoms with E-state index in [0.717, 1.165) is 18.5 Å². The van der Waals surface area contributed by atoms with Crippen LogP contribution in [0.15, 0.2) is 30.3 Å². The van der Waals surface area contributed by atoms with Gasteiger partial charge in [0.15, 0.2) is 0 Å². The molecule has 1 unspecified atom stereocenters. The summed E-state index contributed by atoms with van der Waals surface area (Å²) in [5.74, 6) is -0.229. The predicted molar refractivity (Wildman–Crippen MR) is 96.5 cm³/mol. The van der Waals surface area contributed by atoms with Crippen molar-refractivity contribution in [2.24, 2.45) is 0 Å². The van der Waals surface area contributed by atoms with Gasteiger partial charge in [0.05, 0.1) is 6.17 Å². The van der Waals surface area contributed by atoms with Crippen molar-refractivity contribution in [2.45, 2.75) is 12.6 Å². The van der Waals surface area contributed by atoms with E-state index in [4.69, 9.17) is 0 Å². The molecule has 2 heterocycles. The van der Waals surface area contributed by atoms with Crippen LogP contribution in [0.4, 0.5) is 4.39 Å². The number of hydrogen-bond acceptors (Lipinski definition) is 4. The summed E-state index contributed by atoms with van der Waals surface area (Å²) in [4.78, 5) is 2.29. The van der Waals surface area contributed by atoms with Gasteiger partial charge in [-0.25, -0.2) is 4.39 Å². The van der Waals surface area contributed by atoms with E-state index in [1.165, 1.54) is 26.3 Å². The van der Waals surface area contributed by atoms with Crippen LogP contribution in [0.2, 0.25) is 0 Å². The summed E-state index contributed by atoms with van der Waals surface area (Å²) in [6.45, 7) is 3.14. The fraction of sp³-hybridized carbons (Fsp3) is 0.529. The van der Waals surface area contributed by atoms with Gasteiger partial charge in [0.2, 0.25) is 0 Å². The van der Waals surface area contributed by atoms with E-state index in [1.54, 1.807) is 14.1 Å². The lowest BCUT2D eigenvalue weighted by molar-refractivity contribution is 0.116.